The third-order valence-electron chi connectivity index (χ3n) is 4.56. The van der Waals surface area contributed by atoms with Gasteiger partial charge in [-0.2, -0.15) is 15.1 Å². The fraction of sp³-hybridized carbons (Fsp3) is 0.588. The second-order valence-corrected chi connectivity index (χ2v) is 6.46. The summed E-state index contributed by atoms with van der Waals surface area (Å²) in [6.45, 7) is 10.1. The van der Waals surface area contributed by atoms with Gasteiger partial charge in [0.15, 0.2) is 0 Å². The van der Waals surface area contributed by atoms with Crippen LogP contribution in [0.5, 0.6) is 5.88 Å². The molecule has 0 spiro atoms. The van der Waals surface area contributed by atoms with Gasteiger partial charge in [-0.05, 0) is 26.3 Å². The highest BCUT2D eigenvalue weighted by molar-refractivity contribution is 5.45. The molecule has 2 N–H and O–H groups in total. The zero-order chi connectivity index (χ0) is 17.8. The largest absolute Gasteiger partial charge is 0.481 e. The Balaban J connectivity index is 1.47. The maximum Gasteiger partial charge on any atom is 0.225 e. The van der Waals surface area contributed by atoms with E-state index in [1.165, 1.54) is 5.69 Å². The van der Waals surface area contributed by atoms with Crippen molar-refractivity contribution in [3.63, 3.8) is 0 Å². The highest BCUT2D eigenvalue weighted by Gasteiger charge is 2.19. The standard InChI is InChI=1S/C17H27N7O/c1-13-11-14(2)24(21-13)6-4-5-22-7-9-23(10-8-22)15-12-16(25-3)20-17(18)19-15/h11-12H,4-10H2,1-3H3,(H2,18,19,20). The lowest BCUT2D eigenvalue weighted by Crippen LogP contribution is -2.47. The Morgan fingerprint density at radius 3 is 2.48 bits per heavy atom. The van der Waals surface area contributed by atoms with Crippen LogP contribution in [0, 0.1) is 13.8 Å². The van der Waals surface area contributed by atoms with E-state index in [1.54, 1.807) is 7.11 Å². The maximum atomic E-state index is 5.76. The summed E-state index contributed by atoms with van der Waals surface area (Å²) in [5.41, 5.74) is 8.08. The van der Waals surface area contributed by atoms with Gasteiger partial charge in [-0.15, -0.1) is 0 Å². The summed E-state index contributed by atoms with van der Waals surface area (Å²) in [6.07, 6.45) is 1.11. The van der Waals surface area contributed by atoms with Crippen LogP contribution in [0.3, 0.4) is 0 Å². The van der Waals surface area contributed by atoms with Gasteiger partial charge in [0.25, 0.3) is 0 Å². The van der Waals surface area contributed by atoms with Crippen molar-refractivity contribution in [2.75, 3.05) is 50.5 Å². The van der Waals surface area contributed by atoms with Gasteiger partial charge < -0.3 is 15.4 Å². The number of ether oxygens (including phenoxy) is 1. The van der Waals surface area contributed by atoms with Crippen LogP contribution < -0.4 is 15.4 Å². The lowest BCUT2D eigenvalue weighted by molar-refractivity contribution is 0.248. The molecule has 1 fully saturated rings. The van der Waals surface area contributed by atoms with Crippen molar-refractivity contribution in [3.8, 4) is 5.88 Å². The van der Waals surface area contributed by atoms with Gasteiger partial charge in [0.1, 0.15) is 5.82 Å². The van der Waals surface area contributed by atoms with Gasteiger partial charge in [0.05, 0.1) is 12.8 Å². The third kappa shape index (κ3) is 4.39. The number of piperazine rings is 1. The number of nitrogen functional groups attached to an aromatic ring is 1. The van der Waals surface area contributed by atoms with Crippen molar-refractivity contribution in [1.82, 2.24) is 24.6 Å². The zero-order valence-electron chi connectivity index (χ0n) is 15.3. The summed E-state index contributed by atoms with van der Waals surface area (Å²) in [5, 5.41) is 4.52. The van der Waals surface area contributed by atoms with Gasteiger partial charge in [-0.1, -0.05) is 0 Å². The molecule has 1 aliphatic rings. The molecule has 0 bridgehead atoms. The summed E-state index contributed by atoms with van der Waals surface area (Å²) < 4.78 is 7.28. The van der Waals surface area contributed by atoms with E-state index < -0.39 is 0 Å². The first-order valence-corrected chi connectivity index (χ1v) is 8.72. The van der Waals surface area contributed by atoms with E-state index >= 15 is 0 Å². The van der Waals surface area contributed by atoms with Crippen LogP contribution in [0.2, 0.25) is 0 Å². The number of hydrogen-bond acceptors (Lipinski definition) is 7. The average molecular weight is 345 g/mol. The highest BCUT2D eigenvalue weighted by atomic mass is 16.5. The summed E-state index contributed by atoms with van der Waals surface area (Å²) >= 11 is 0. The molecular formula is C17H27N7O. The molecule has 1 aliphatic heterocycles. The van der Waals surface area contributed by atoms with Crippen molar-refractivity contribution < 1.29 is 4.74 Å². The number of hydrogen-bond donors (Lipinski definition) is 1. The number of rotatable bonds is 6. The van der Waals surface area contributed by atoms with Crippen LogP contribution in [-0.2, 0) is 6.54 Å². The number of aryl methyl sites for hydroxylation is 3. The molecular weight excluding hydrogens is 318 g/mol. The van der Waals surface area contributed by atoms with Crippen LogP contribution in [0.4, 0.5) is 11.8 Å². The van der Waals surface area contributed by atoms with Gasteiger partial charge in [-0.3, -0.25) is 9.58 Å². The molecule has 3 heterocycles. The normalized spacial score (nSPS) is 15.6. The van der Waals surface area contributed by atoms with Gasteiger partial charge in [-0.25, -0.2) is 0 Å². The van der Waals surface area contributed by atoms with E-state index in [2.05, 4.69) is 42.5 Å². The van der Waals surface area contributed by atoms with Gasteiger partial charge in [0.2, 0.25) is 11.8 Å². The molecule has 0 radical (unpaired) electrons. The number of nitrogens with two attached hydrogens (primary N) is 1. The molecule has 0 saturated carbocycles. The van der Waals surface area contributed by atoms with E-state index in [-0.39, 0.29) is 5.95 Å². The number of aromatic nitrogens is 4. The van der Waals surface area contributed by atoms with E-state index in [0.717, 1.165) is 57.2 Å². The maximum absolute atomic E-state index is 5.76. The second kappa shape index (κ2) is 7.69. The Kier molecular flexibility index (Phi) is 5.37. The molecule has 8 heteroatoms. The van der Waals surface area contributed by atoms with Crippen molar-refractivity contribution in [2.45, 2.75) is 26.8 Å². The van der Waals surface area contributed by atoms with Crippen LogP contribution in [0.1, 0.15) is 17.8 Å². The Morgan fingerprint density at radius 2 is 1.84 bits per heavy atom. The summed E-state index contributed by atoms with van der Waals surface area (Å²) in [6, 6.07) is 3.97. The molecule has 0 atom stereocenters. The molecule has 0 amide bonds. The molecule has 2 aromatic heterocycles. The minimum absolute atomic E-state index is 0.252. The van der Waals surface area contributed by atoms with Crippen molar-refractivity contribution in [1.29, 1.82) is 0 Å². The van der Waals surface area contributed by atoms with Crippen molar-refractivity contribution in [2.24, 2.45) is 0 Å². The molecule has 0 aromatic carbocycles. The summed E-state index contributed by atoms with van der Waals surface area (Å²) in [7, 11) is 1.59. The average Bonchev–Trinajstić information content (AvgIpc) is 2.92. The minimum Gasteiger partial charge on any atom is -0.481 e. The molecule has 0 unspecified atom stereocenters. The smallest absolute Gasteiger partial charge is 0.225 e. The van der Waals surface area contributed by atoms with E-state index in [9.17, 15) is 0 Å². The monoisotopic (exact) mass is 345 g/mol. The third-order valence-corrected chi connectivity index (χ3v) is 4.56. The van der Waals surface area contributed by atoms with Gasteiger partial charge in [0, 0.05) is 51.0 Å². The lowest BCUT2D eigenvalue weighted by Gasteiger charge is -2.35. The first kappa shape index (κ1) is 17.5. The predicted molar refractivity (Wildman–Crippen MR) is 98.0 cm³/mol. The fourth-order valence-corrected chi connectivity index (χ4v) is 3.24. The molecule has 0 aliphatic carbocycles. The Hall–Kier alpha value is -2.35. The van der Waals surface area contributed by atoms with E-state index in [4.69, 9.17) is 10.5 Å². The molecule has 2 aromatic rings. The molecule has 1 saturated heterocycles. The Bertz CT molecular complexity index is 707. The topological polar surface area (TPSA) is 85.3 Å². The van der Waals surface area contributed by atoms with Crippen LogP contribution in [0.15, 0.2) is 12.1 Å². The first-order valence-electron chi connectivity index (χ1n) is 8.72. The SMILES string of the molecule is COc1cc(N2CCN(CCCn3nc(C)cc3C)CC2)nc(N)n1. The number of methoxy groups -OCH3 is 1. The fourth-order valence-electron chi connectivity index (χ4n) is 3.24. The second-order valence-electron chi connectivity index (χ2n) is 6.46. The van der Waals surface area contributed by atoms with Crippen LogP contribution in [-0.4, -0.2) is 64.5 Å². The van der Waals surface area contributed by atoms with Crippen LogP contribution in [0.25, 0.3) is 0 Å². The van der Waals surface area contributed by atoms with Crippen molar-refractivity contribution >= 4 is 11.8 Å². The molecule has 8 nitrogen and oxygen atoms in total. The molecule has 25 heavy (non-hydrogen) atoms. The molecule has 136 valence electrons. The minimum atomic E-state index is 0.252. The lowest BCUT2D eigenvalue weighted by atomic mass is 10.3. The Morgan fingerprint density at radius 1 is 1.08 bits per heavy atom. The van der Waals surface area contributed by atoms with E-state index in [0.29, 0.717) is 5.88 Å². The zero-order valence-corrected chi connectivity index (χ0v) is 15.3. The summed E-state index contributed by atoms with van der Waals surface area (Å²) in [5.74, 6) is 1.60. The van der Waals surface area contributed by atoms with Crippen LogP contribution >= 0.6 is 0 Å². The van der Waals surface area contributed by atoms with Gasteiger partial charge >= 0.3 is 0 Å². The highest BCUT2D eigenvalue weighted by Crippen LogP contribution is 2.19. The van der Waals surface area contributed by atoms with E-state index in [1.807, 2.05) is 13.0 Å². The summed E-state index contributed by atoms with van der Waals surface area (Å²) in [4.78, 5) is 13.1. The molecule has 3 rings (SSSR count). The predicted octanol–water partition coefficient (Wildman–Crippen LogP) is 1.09. The number of nitrogens with zero attached hydrogens (tertiary/aromatic N) is 6. The number of anilines is 2. The quantitative estimate of drug-likeness (QED) is 0.839. The van der Waals surface area contributed by atoms with Crippen molar-refractivity contribution in [3.05, 3.63) is 23.5 Å². The first-order chi connectivity index (χ1) is 12.0. The Labute approximate surface area is 148 Å².